The molecule has 0 bridgehead atoms. The van der Waals surface area contributed by atoms with Gasteiger partial charge in [0.05, 0.1) is 4.92 Å². The monoisotopic (exact) mass is 481 g/mol. The van der Waals surface area contributed by atoms with E-state index in [0.717, 1.165) is 27.6 Å². The lowest BCUT2D eigenvalue weighted by Crippen LogP contribution is -2.32. The number of nitro groups is 1. The first kappa shape index (κ1) is 25.4. The van der Waals surface area contributed by atoms with Crippen LogP contribution in [0.25, 0.3) is 21.8 Å². The van der Waals surface area contributed by atoms with Gasteiger partial charge in [-0.25, -0.2) is 0 Å². The van der Waals surface area contributed by atoms with Crippen LogP contribution in [0.2, 0.25) is 0 Å². The maximum Gasteiger partial charge on any atom is 0.320 e. The fourth-order valence-electron chi connectivity index (χ4n) is 4.06. The predicted molar refractivity (Wildman–Crippen MR) is 131 cm³/mol. The lowest BCUT2D eigenvalue weighted by atomic mass is 10.0. The number of aryl methyl sites for hydroxylation is 2. The van der Waals surface area contributed by atoms with Gasteiger partial charge in [0.15, 0.2) is 0 Å². The Hall–Kier alpha value is -4.22. The highest BCUT2D eigenvalue weighted by molar-refractivity contribution is 5.93. The van der Waals surface area contributed by atoms with Gasteiger partial charge in [-0.05, 0) is 42.2 Å². The summed E-state index contributed by atoms with van der Waals surface area (Å²) in [5, 5.41) is 30.3. The first-order valence-corrected chi connectivity index (χ1v) is 10.8. The third kappa shape index (κ3) is 5.48. The molecule has 0 fully saturated rings. The van der Waals surface area contributed by atoms with E-state index in [1.807, 2.05) is 38.2 Å². The van der Waals surface area contributed by atoms with Crippen molar-refractivity contribution in [1.82, 2.24) is 9.97 Å². The zero-order valence-electron chi connectivity index (χ0n) is 19.2. The van der Waals surface area contributed by atoms with Gasteiger partial charge in [0.1, 0.15) is 17.6 Å². The number of nitrogens with one attached hydrogen (secondary N) is 2. The molecule has 0 aliphatic rings. The van der Waals surface area contributed by atoms with Crippen LogP contribution in [0.5, 0.6) is 0 Å². The summed E-state index contributed by atoms with van der Waals surface area (Å²) < 4.78 is 0. The molecule has 0 aliphatic carbocycles. The normalized spacial score (nSPS) is 12.7. The van der Waals surface area contributed by atoms with Crippen LogP contribution in [0.1, 0.15) is 22.3 Å². The van der Waals surface area contributed by atoms with E-state index in [2.05, 4.69) is 9.97 Å². The van der Waals surface area contributed by atoms with Crippen molar-refractivity contribution >= 4 is 39.4 Å². The number of fused-ring (bicyclic) bond motifs is 2. The summed E-state index contributed by atoms with van der Waals surface area (Å²) in [6, 6.07) is 7.13. The standard InChI is InChI=1S/C12H13N3O4.C12H14N2O2/c1-6-2-3-9(15(18)19)11-10(6)7(5-14-11)4-8(13)12(16)17;1-7-3-2-4-10-11(7)8(6-14-10)5-9(13)12(15)16/h2-3,5,8,14H,4,13H2,1H3,(H,16,17);2-4,6,9,14H,5,13H2,1H3,(H,15,16). The van der Waals surface area contributed by atoms with Crippen LogP contribution >= 0.6 is 0 Å². The number of H-pyrrole nitrogens is 2. The molecule has 2 atom stereocenters. The molecule has 2 unspecified atom stereocenters. The minimum Gasteiger partial charge on any atom is -0.480 e. The second-order valence-corrected chi connectivity index (χ2v) is 8.33. The largest absolute Gasteiger partial charge is 0.480 e. The van der Waals surface area contributed by atoms with Crippen molar-refractivity contribution < 1.29 is 24.7 Å². The van der Waals surface area contributed by atoms with Crippen LogP contribution < -0.4 is 11.5 Å². The van der Waals surface area contributed by atoms with E-state index in [1.54, 1.807) is 12.3 Å². The van der Waals surface area contributed by atoms with E-state index < -0.39 is 28.9 Å². The van der Waals surface area contributed by atoms with E-state index in [4.69, 9.17) is 21.7 Å². The maximum atomic E-state index is 10.9. The number of aliphatic carboxylic acids is 2. The molecule has 2 aromatic heterocycles. The molecule has 4 aromatic rings. The molecule has 0 aliphatic heterocycles. The number of rotatable bonds is 7. The summed E-state index contributed by atoms with van der Waals surface area (Å²) >= 11 is 0. The van der Waals surface area contributed by atoms with Crippen molar-refractivity contribution in [3.8, 4) is 0 Å². The Morgan fingerprint density at radius 3 is 2.03 bits per heavy atom. The van der Waals surface area contributed by atoms with Gasteiger partial charge in [-0.1, -0.05) is 18.2 Å². The van der Waals surface area contributed by atoms with Gasteiger partial charge in [0, 0.05) is 47.6 Å². The third-order valence-electron chi connectivity index (χ3n) is 5.81. The van der Waals surface area contributed by atoms with Crippen LogP contribution in [0.15, 0.2) is 42.7 Å². The first-order valence-electron chi connectivity index (χ1n) is 10.8. The van der Waals surface area contributed by atoms with Crippen molar-refractivity contribution in [2.45, 2.75) is 38.8 Å². The predicted octanol–water partition coefficient (Wildman–Crippen LogP) is 2.77. The van der Waals surface area contributed by atoms with Crippen molar-refractivity contribution in [1.29, 1.82) is 0 Å². The van der Waals surface area contributed by atoms with E-state index in [9.17, 15) is 19.7 Å². The van der Waals surface area contributed by atoms with E-state index in [1.165, 1.54) is 6.07 Å². The molecule has 0 saturated carbocycles. The van der Waals surface area contributed by atoms with Gasteiger partial charge in [0.2, 0.25) is 0 Å². The summed E-state index contributed by atoms with van der Waals surface area (Å²) in [4.78, 5) is 37.9. The molecule has 0 radical (unpaired) electrons. The molecule has 0 saturated heterocycles. The van der Waals surface area contributed by atoms with Crippen molar-refractivity contribution in [3.05, 3.63) is 75.1 Å². The molecular weight excluding hydrogens is 454 g/mol. The molecule has 8 N–H and O–H groups in total. The van der Waals surface area contributed by atoms with Crippen molar-refractivity contribution in [2.75, 3.05) is 0 Å². The number of aromatic nitrogens is 2. The van der Waals surface area contributed by atoms with Crippen molar-refractivity contribution in [3.63, 3.8) is 0 Å². The Labute approximate surface area is 199 Å². The molecular formula is C24H27N5O6. The zero-order chi connectivity index (χ0) is 25.9. The van der Waals surface area contributed by atoms with Crippen LogP contribution in [-0.4, -0.2) is 49.1 Å². The Morgan fingerprint density at radius 1 is 0.914 bits per heavy atom. The van der Waals surface area contributed by atoms with Crippen LogP contribution in [0.3, 0.4) is 0 Å². The fraction of sp³-hybridized carbons (Fsp3) is 0.250. The summed E-state index contributed by atoms with van der Waals surface area (Å²) in [7, 11) is 0. The summed E-state index contributed by atoms with van der Waals surface area (Å²) in [5.41, 5.74) is 16.0. The molecule has 0 amide bonds. The highest BCUT2D eigenvalue weighted by Gasteiger charge is 2.20. The van der Waals surface area contributed by atoms with Gasteiger partial charge >= 0.3 is 11.9 Å². The number of benzene rings is 2. The number of non-ortho nitro benzene ring substituents is 1. The lowest BCUT2D eigenvalue weighted by Gasteiger charge is -2.06. The number of nitrogens with zero attached hydrogens (tertiary/aromatic N) is 1. The van der Waals surface area contributed by atoms with E-state index in [0.29, 0.717) is 22.9 Å². The van der Waals surface area contributed by atoms with Crippen molar-refractivity contribution in [2.24, 2.45) is 11.5 Å². The molecule has 11 heteroatoms. The summed E-state index contributed by atoms with van der Waals surface area (Å²) in [6.45, 7) is 3.82. The second-order valence-electron chi connectivity index (χ2n) is 8.33. The number of nitro benzene ring substituents is 1. The SMILES string of the molecule is Cc1ccc([N+](=O)[O-])c2[nH]cc(CC(N)C(=O)O)c12.Cc1cccc2[nH]cc(CC(N)C(=O)O)c12. The average Bonchev–Trinajstić information content (AvgIpc) is 3.40. The topological polar surface area (TPSA) is 201 Å². The number of hydrogen-bond donors (Lipinski definition) is 6. The number of carboxylic acids is 2. The summed E-state index contributed by atoms with van der Waals surface area (Å²) in [5.74, 6) is -2.07. The first-order chi connectivity index (χ1) is 16.5. The number of hydrogen-bond acceptors (Lipinski definition) is 6. The van der Waals surface area contributed by atoms with Crippen LogP contribution in [-0.2, 0) is 22.4 Å². The summed E-state index contributed by atoms with van der Waals surface area (Å²) in [6.07, 6.45) is 3.88. The minimum atomic E-state index is -1.10. The minimum absolute atomic E-state index is 0.0317. The van der Waals surface area contributed by atoms with Gasteiger partial charge < -0.3 is 31.6 Å². The van der Waals surface area contributed by atoms with Crippen LogP contribution in [0.4, 0.5) is 5.69 Å². The molecule has 11 nitrogen and oxygen atoms in total. The average molecular weight is 482 g/mol. The van der Waals surface area contributed by atoms with Gasteiger partial charge in [-0.3, -0.25) is 19.7 Å². The van der Waals surface area contributed by atoms with Crippen LogP contribution in [0, 0.1) is 24.0 Å². The highest BCUT2D eigenvalue weighted by atomic mass is 16.6. The third-order valence-corrected chi connectivity index (χ3v) is 5.81. The number of aromatic amines is 2. The molecule has 2 heterocycles. The Kier molecular flexibility index (Phi) is 7.52. The quantitative estimate of drug-likeness (QED) is 0.171. The molecule has 2 aromatic carbocycles. The fourth-order valence-corrected chi connectivity index (χ4v) is 4.06. The van der Waals surface area contributed by atoms with Gasteiger partial charge in [-0.2, -0.15) is 0 Å². The van der Waals surface area contributed by atoms with Gasteiger partial charge in [0.25, 0.3) is 5.69 Å². The van der Waals surface area contributed by atoms with Gasteiger partial charge in [-0.15, -0.1) is 0 Å². The number of carboxylic acid groups (broad SMARTS) is 2. The highest BCUT2D eigenvalue weighted by Crippen LogP contribution is 2.30. The zero-order valence-corrected chi connectivity index (χ0v) is 19.2. The Bertz CT molecular complexity index is 1410. The molecule has 0 spiro atoms. The lowest BCUT2D eigenvalue weighted by molar-refractivity contribution is -0.383. The van der Waals surface area contributed by atoms with E-state index >= 15 is 0 Å². The molecule has 184 valence electrons. The van der Waals surface area contributed by atoms with E-state index in [-0.39, 0.29) is 12.1 Å². The molecule has 35 heavy (non-hydrogen) atoms. The maximum absolute atomic E-state index is 10.9. The second kappa shape index (κ2) is 10.4. The number of nitrogens with two attached hydrogens (primary N) is 2. The smallest absolute Gasteiger partial charge is 0.320 e. The Morgan fingerprint density at radius 2 is 1.46 bits per heavy atom. The number of carbonyl (C=O) groups is 2. The Balaban J connectivity index is 0.000000198. The molecule has 4 rings (SSSR count).